The van der Waals surface area contributed by atoms with Crippen molar-refractivity contribution < 1.29 is 13.5 Å². The standard InChI is InChI=1S/C23H19ClFN3O2/c1-29-18-6-4-5-15(13-18)14-26-21(16-9-11-17(25)12-10-16)23-28-27-22(30-23)19-7-2-3-8-20(19)24/h2-13,21,26H,14H2,1H3. The Hall–Kier alpha value is -3.22. The van der Waals surface area contributed by atoms with Crippen molar-refractivity contribution in [2.45, 2.75) is 12.6 Å². The first-order valence-corrected chi connectivity index (χ1v) is 9.72. The van der Waals surface area contributed by atoms with Gasteiger partial charge in [-0.15, -0.1) is 10.2 Å². The highest BCUT2D eigenvalue weighted by molar-refractivity contribution is 6.33. The predicted molar refractivity (Wildman–Crippen MR) is 113 cm³/mol. The van der Waals surface area contributed by atoms with E-state index in [0.717, 1.165) is 16.9 Å². The van der Waals surface area contributed by atoms with Gasteiger partial charge in [0.1, 0.15) is 17.6 Å². The van der Waals surface area contributed by atoms with Crippen LogP contribution in [0.15, 0.2) is 77.2 Å². The van der Waals surface area contributed by atoms with Gasteiger partial charge in [-0.25, -0.2) is 4.39 Å². The third-order valence-corrected chi connectivity index (χ3v) is 4.97. The van der Waals surface area contributed by atoms with Gasteiger partial charge in [0.2, 0.25) is 11.8 Å². The Kier molecular flexibility index (Phi) is 6.07. The van der Waals surface area contributed by atoms with Crippen LogP contribution in [0.5, 0.6) is 5.75 Å². The number of halogens is 2. The van der Waals surface area contributed by atoms with Gasteiger partial charge in [0.05, 0.1) is 17.7 Å². The molecule has 1 unspecified atom stereocenters. The molecule has 0 radical (unpaired) electrons. The van der Waals surface area contributed by atoms with Crippen molar-refractivity contribution in [3.63, 3.8) is 0 Å². The van der Waals surface area contributed by atoms with Crippen LogP contribution in [0, 0.1) is 5.82 Å². The van der Waals surface area contributed by atoms with Gasteiger partial charge in [-0.05, 0) is 47.5 Å². The van der Waals surface area contributed by atoms with Gasteiger partial charge in [0.25, 0.3) is 0 Å². The van der Waals surface area contributed by atoms with E-state index in [0.29, 0.717) is 28.9 Å². The summed E-state index contributed by atoms with van der Waals surface area (Å²) < 4.78 is 24.7. The average molecular weight is 424 g/mol. The van der Waals surface area contributed by atoms with E-state index in [1.54, 1.807) is 25.3 Å². The van der Waals surface area contributed by atoms with Crippen LogP contribution in [-0.2, 0) is 6.54 Å². The lowest BCUT2D eigenvalue weighted by Crippen LogP contribution is -2.22. The van der Waals surface area contributed by atoms with Crippen molar-refractivity contribution in [1.29, 1.82) is 0 Å². The zero-order chi connectivity index (χ0) is 20.9. The maximum atomic E-state index is 13.5. The van der Waals surface area contributed by atoms with E-state index in [-0.39, 0.29) is 5.82 Å². The van der Waals surface area contributed by atoms with Crippen molar-refractivity contribution in [2.24, 2.45) is 0 Å². The van der Waals surface area contributed by atoms with Crippen LogP contribution in [0.2, 0.25) is 5.02 Å². The second-order valence-corrected chi connectivity index (χ2v) is 7.05. The van der Waals surface area contributed by atoms with Gasteiger partial charge >= 0.3 is 0 Å². The Morgan fingerprint density at radius 2 is 1.83 bits per heavy atom. The average Bonchev–Trinajstić information content (AvgIpc) is 3.25. The van der Waals surface area contributed by atoms with E-state index in [2.05, 4.69) is 15.5 Å². The molecular weight excluding hydrogens is 405 g/mol. The van der Waals surface area contributed by atoms with E-state index < -0.39 is 6.04 Å². The summed E-state index contributed by atoms with van der Waals surface area (Å²) >= 11 is 6.25. The summed E-state index contributed by atoms with van der Waals surface area (Å²) in [6.07, 6.45) is 0. The molecule has 7 heteroatoms. The molecule has 0 aliphatic rings. The van der Waals surface area contributed by atoms with Gasteiger partial charge in [-0.2, -0.15) is 0 Å². The number of ether oxygens (including phenoxy) is 1. The SMILES string of the molecule is COc1cccc(CNC(c2ccc(F)cc2)c2nnc(-c3ccccc3Cl)o2)c1. The molecule has 0 amide bonds. The van der Waals surface area contributed by atoms with E-state index in [9.17, 15) is 4.39 Å². The molecule has 0 aliphatic carbocycles. The first-order valence-electron chi connectivity index (χ1n) is 9.34. The monoisotopic (exact) mass is 423 g/mol. The Morgan fingerprint density at radius 3 is 2.60 bits per heavy atom. The highest BCUT2D eigenvalue weighted by Gasteiger charge is 2.22. The molecule has 0 bridgehead atoms. The normalized spacial score (nSPS) is 12.0. The number of nitrogens with zero attached hydrogens (tertiary/aromatic N) is 2. The van der Waals surface area contributed by atoms with E-state index in [1.165, 1.54) is 12.1 Å². The van der Waals surface area contributed by atoms with Gasteiger partial charge in [-0.3, -0.25) is 5.32 Å². The molecular formula is C23H19ClFN3O2. The topological polar surface area (TPSA) is 60.2 Å². The molecule has 5 nitrogen and oxygen atoms in total. The molecule has 0 aliphatic heterocycles. The van der Waals surface area contributed by atoms with Crippen molar-refractivity contribution in [2.75, 3.05) is 7.11 Å². The minimum Gasteiger partial charge on any atom is -0.497 e. The minimum absolute atomic E-state index is 0.312. The minimum atomic E-state index is -0.430. The molecule has 152 valence electrons. The fourth-order valence-corrected chi connectivity index (χ4v) is 3.32. The Morgan fingerprint density at radius 1 is 1.03 bits per heavy atom. The molecule has 3 aromatic carbocycles. The molecule has 4 aromatic rings. The molecule has 4 rings (SSSR count). The molecule has 1 atom stereocenters. The first kappa shape index (κ1) is 20.1. The summed E-state index contributed by atoms with van der Waals surface area (Å²) in [6, 6.07) is 20.8. The predicted octanol–water partition coefficient (Wildman–Crippen LogP) is 5.42. The largest absolute Gasteiger partial charge is 0.497 e. The number of hydrogen-bond acceptors (Lipinski definition) is 5. The van der Waals surface area contributed by atoms with Crippen molar-refractivity contribution >= 4 is 11.6 Å². The molecule has 1 N–H and O–H groups in total. The summed E-state index contributed by atoms with van der Waals surface area (Å²) in [7, 11) is 1.63. The number of nitrogens with one attached hydrogen (secondary N) is 1. The van der Waals surface area contributed by atoms with Crippen molar-refractivity contribution in [3.05, 3.63) is 101 Å². The quantitative estimate of drug-likeness (QED) is 0.430. The highest BCUT2D eigenvalue weighted by Crippen LogP contribution is 2.29. The third-order valence-electron chi connectivity index (χ3n) is 4.64. The van der Waals surface area contributed by atoms with Gasteiger partial charge in [0, 0.05) is 6.54 Å². The van der Waals surface area contributed by atoms with Crippen LogP contribution in [0.1, 0.15) is 23.1 Å². The number of rotatable bonds is 7. The molecule has 0 spiro atoms. The molecule has 1 aromatic heterocycles. The number of methoxy groups -OCH3 is 1. The maximum absolute atomic E-state index is 13.5. The summed E-state index contributed by atoms with van der Waals surface area (Å²) in [6.45, 7) is 0.517. The van der Waals surface area contributed by atoms with Crippen LogP contribution in [0.4, 0.5) is 4.39 Å². The van der Waals surface area contributed by atoms with Crippen LogP contribution in [0.3, 0.4) is 0 Å². The molecule has 1 heterocycles. The van der Waals surface area contributed by atoms with Crippen LogP contribution in [-0.4, -0.2) is 17.3 Å². The summed E-state index contributed by atoms with van der Waals surface area (Å²) in [4.78, 5) is 0. The van der Waals surface area contributed by atoms with Crippen molar-refractivity contribution in [1.82, 2.24) is 15.5 Å². The summed E-state index contributed by atoms with van der Waals surface area (Å²) in [5.74, 6) is 1.14. The zero-order valence-corrected chi connectivity index (χ0v) is 16.9. The van der Waals surface area contributed by atoms with Gasteiger partial charge in [0.15, 0.2) is 0 Å². The second kappa shape index (κ2) is 9.07. The Labute approximate surface area is 178 Å². The fourth-order valence-electron chi connectivity index (χ4n) is 3.10. The van der Waals surface area contributed by atoms with Gasteiger partial charge < -0.3 is 9.15 Å². The smallest absolute Gasteiger partial charge is 0.249 e. The number of benzene rings is 3. The lowest BCUT2D eigenvalue weighted by atomic mass is 10.1. The van der Waals surface area contributed by atoms with Crippen molar-refractivity contribution in [3.8, 4) is 17.2 Å². The van der Waals surface area contributed by atoms with Crippen LogP contribution < -0.4 is 10.1 Å². The fraction of sp³-hybridized carbons (Fsp3) is 0.130. The molecule has 0 saturated carbocycles. The number of aromatic nitrogens is 2. The second-order valence-electron chi connectivity index (χ2n) is 6.64. The van der Waals surface area contributed by atoms with E-state index in [4.69, 9.17) is 20.8 Å². The Bertz CT molecular complexity index is 1130. The molecule has 0 saturated heterocycles. The van der Waals surface area contributed by atoms with Crippen LogP contribution >= 0.6 is 11.6 Å². The third kappa shape index (κ3) is 4.50. The molecule has 30 heavy (non-hydrogen) atoms. The highest BCUT2D eigenvalue weighted by atomic mass is 35.5. The van der Waals surface area contributed by atoms with Gasteiger partial charge in [-0.1, -0.05) is 48.0 Å². The van der Waals surface area contributed by atoms with E-state index >= 15 is 0 Å². The first-order chi connectivity index (χ1) is 14.6. The van der Waals surface area contributed by atoms with E-state index in [1.807, 2.05) is 42.5 Å². The maximum Gasteiger partial charge on any atom is 0.249 e. The molecule has 0 fully saturated rings. The lowest BCUT2D eigenvalue weighted by Gasteiger charge is -2.16. The van der Waals surface area contributed by atoms with Crippen LogP contribution in [0.25, 0.3) is 11.5 Å². The summed E-state index contributed by atoms with van der Waals surface area (Å²) in [5, 5.41) is 12.3. The number of hydrogen-bond donors (Lipinski definition) is 1. The zero-order valence-electron chi connectivity index (χ0n) is 16.2. The Balaban J connectivity index is 1.64. The lowest BCUT2D eigenvalue weighted by molar-refractivity contribution is 0.413. The summed E-state index contributed by atoms with van der Waals surface area (Å²) in [5.41, 5.74) is 2.48.